The first-order valence-corrected chi connectivity index (χ1v) is 12.0. The number of carbonyl (C=O) groups is 1. The lowest BCUT2D eigenvalue weighted by molar-refractivity contribution is -0.274. The summed E-state index contributed by atoms with van der Waals surface area (Å²) in [5.74, 6) is 0.375. The lowest BCUT2D eigenvalue weighted by Gasteiger charge is -2.32. The van der Waals surface area contributed by atoms with Crippen molar-refractivity contribution >= 4 is 11.6 Å². The van der Waals surface area contributed by atoms with Gasteiger partial charge in [0.1, 0.15) is 5.75 Å². The van der Waals surface area contributed by atoms with Gasteiger partial charge in [-0.05, 0) is 74.5 Å². The molecule has 2 aromatic carbocycles. The zero-order valence-corrected chi connectivity index (χ0v) is 19.3. The van der Waals surface area contributed by atoms with Crippen LogP contribution in [0.25, 0.3) is 0 Å². The Balaban J connectivity index is 1.14. The van der Waals surface area contributed by atoms with Gasteiger partial charge < -0.3 is 15.0 Å². The number of halogens is 3. The average Bonchev–Trinajstić information content (AvgIpc) is 3.31. The SMILES string of the molecule is O=C(NCCC1CCN(Cc2ccccc2)CC1)[C@@H]1CCN(c2ccc(OC(F)(F)F)cc2)C1. The van der Waals surface area contributed by atoms with E-state index in [2.05, 4.69) is 39.2 Å². The van der Waals surface area contributed by atoms with Gasteiger partial charge in [0.15, 0.2) is 0 Å². The molecule has 1 atom stereocenters. The summed E-state index contributed by atoms with van der Waals surface area (Å²) in [4.78, 5) is 17.2. The summed E-state index contributed by atoms with van der Waals surface area (Å²) in [6.45, 7) is 5.17. The summed E-state index contributed by atoms with van der Waals surface area (Å²) in [5.41, 5.74) is 2.15. The summed E-state index contributed by atoms with van der Waals surface area (Å²) >= 11 is 0. The van der Waals surface area contributed by atoms with E-state index in [1.807, 2.05) is 11.0 Å². The quantitative estimate of drug-likeness (QED) is 0.594. The summed E-state index contributed by atoms with van der Waals surface area (Å²) in [6.07, 6.45) is -0.633. The molecule has 2 aromatic rings. The van der Waals surface area contributed by atoms with E-state index in [4.69, 9.17) is 0 Å². The Labute approximate surface area is 198 Å². The van der Waals surface area contributed by atoms with E-state index in [0.29, 0.717) is 25.6 Å². The highest BCUT2D eigenvalue weighted by Gasteiger charge is 2.32. The molecule has 2 aliphatic rings. The highest BCUT2D eigenvalue weighted by atomic mass is 19.4. The predicted molar refractivity (Wildman–Crippen MR) is 126 cm³/mol. The number of anilines is 1. The van der Waals surface area contributed by atoms with Gasteiger partial charge in [0.25, 0.3) is 0 Å². The van der Waals surface area contributed by atoms with Crippen molar-refractivity contribution in [3.63, 3.8) is 0 Å². The minimum atomic E-state index is -4.70. The van der Waals surface area contributed by atoms with E-state index in [1.165, 1.54) is 17.7 Å². The number of rotatable bonds is 8. The molecule has 0 saturated carbocycles. The molecule has 0 bridgehead atoms. The minimum absolute atomic E-state index is 0.0704. The van der Waals surface area contributed by atoms with E-state index in [-0.39, 0.29) is 17.6 Å². The number of amides is 1. The smallest absolute Gasteiger partial charge is 0.406 e. The summed E-state index contributed by atoms with van der Waals surface area (Å²) in [6, 6.07) is 16.4. The molecule has 0 aliphatic carbocycles. The van der Waals surface area contributed by atoms with E-state index < -0.39 is 6.36 Å². The Morgan fingerprint density at radius 2 is 1.68 bits per heavy atom. The van der Waals surface area contributed by atoms with E-state index in [0.717, 1.165) is 51.0 Å². The predicted octanol–water partition coefficient (Wildman–Crippen LogP) is 4.83. The number of nitrogens with zero attached hydrogens (tertiary/aromatic N) is 2. The normalized spacial score (nSPS) is 19.9. The molecule has 0 radical (unpaired) electrons. The van der Waals surface area contributed by atoms with Crippen molar-refractivity contribution in [1.82, 2.24) is 10.2 Å². The molecule has 2 fully saturated rings. The van der Waals surface area contributed by atoms with Crippen molar-refractivity contribution in [2.45, 2.75) is 38.6 Å². The number of likely N-dealkylation sites (tertiary alicyclic amines) is 1. The summed E-state index contributed by atoms with van der Waals surface area (Å²) in [5, 5.41) is 3.11. The van der Waals surface area contributed by atoms with Crippen LogP contribution in [0.4, 0.5) is 18.9 Å². The molecule has 4 rings (SSSR count). The van der Waals surface area contributed by atoms with Crippen molar-refractivity contribution in [2.75, 3.05) is 37.6 Å². The van der Waals surface area contributed by atoms with Crippen LogP contribution in [0.1, 0.15) is 31.2 Å². The van der Waals surface area contributed by atoms with Crippen LogP contribution in [0, 0.1) is 11.8 Å². The lowest BCUT2D eigenvalue weighted by atomic mass is 9.93. The number of piperidine rings is 1. The molecule has 0 unspecified atom stereocenters. The van der Waals surface area contributed by atoms with Crippen LogP contribution in [0.3, 0.4) is 0 Å². The minimum Gasteiger partial charge on any atom is -0.406 e. The molecular weight excluding hydrogens is 443 g/mol. The van der Waals surface area contributed by atoms with Crippen molar-refractivity contribution < 1.29 is 22.7 Å². The Bertz CT molecular complexity index is 913. The molecule has 2 saturated heterocycles. The maximum atomic E-state index is 12.6. The molecule has 1 amide bonds. The largest absolute Gasteiger partial charge is 0.573 e. The van der Waals surface area contributed by atoms with Gasteiger partial charge in [-0.15, -0.1) is 13.2 Å². The molecule has 184 valence electrons. The standard InChI is InChI=1S/C26H32F3N3O2/c27-26(28,29)34-24-8-6-23(7-9-24)32-17-13-22(19-32)25(33)30-14-10-20-11-15-31(16-12-20)18-21-4-2-1-3-5-21/h1-9,20,22H,10-19H2,(H,30,33)/t22-/m1/s1. The Morgan fingerprint density at radius 3 is 2.35 bits per heavy atom. The van der Waals surface area contributed by atoms with Gasteiger partial charge in [-0.25, -0.2) is 0 Å². The first-order chi connectivity index (χ1) is 16.4. The fraction of sp³-hybridized carbons (Fsp3) is 0.500. The number of alkyl halides is 3. The second-order valence-corrected chi connectivity index (χ2v) is 9.26. The number of hydrogen-bond donors (Lipinski definition) is 1. The molecule has 0 aromatic heterocycles. The van der Waals surface area contributed by atoms with Crippen molar-refractivity contribution in [3.05, 3.63) is 60.2 Å². The van der Waals surface area contributed by atoms with Crippen molar-refractivity contribution in [1.29, 1.82) is 0 Å². The van der Waals surface area contributed by atoms with Crippen LogP contribution in [0.15, 0.2) is 54.6 Å². The number of ether oxygens (including phenoxy) is 1. The zero-order valence-electron chi connectivity index (χ0n) is 19.3. The van der Waals surface area contributed by atoms with Gasteiger partial charge in [-0.3, -0.25) is 9.69 Å². The molecule has 8 heteroatoms. The fourth-order valence-electron chi connectivity index (χ4n) is 4.89. The average molecular weight is 476 g/mol. The van der Waals surface area contributed by atoms with Crippen LogP contribution in [0.5, 0.6) is 5.75 Å². The van der Waals surface area contributed by atoms with E-state index in [1.54, 1.807) is 12.1 Å². The summed E-state index contributed by atoms with van der Waals surface area (Å²) in [7, 11) is 0. The first-order valence-electron chi connectivity index (χ1n) is 12.0. The molecule has 2 aliphatic heterocycles. The molecule has 2 heterocycles. The van der Waals surface area contributed by atoms with Crippen LogP contribution in [-0.4, -0.2) is 49.9 Å². The Kier molecular flexibility index (Phi) is 7.98. The second kappa shape index (κ2) is 11.1. The zero-order chi connectivity index (χ0) is 24.0. The number of carbonyl (C=O) groups excluding carboxylic acids is 1. The molecule has 34 heavy (non-hydrogen) atoms. The van der Waals surface area contributed by atoms with Crippen LogP contribution < -0.4 is 15.0 Å². The summed E-state index contributed by atoms with van der Waals surface area (Å²) < 4.78 is 40.9. The topological polar surface area (TPSA) is 44.8 Å². The van der Waals surface area contributed by atoms with E-state index in [9.17, 15) is 18.0 Å². The lowest BCUT2D eigenvalue weighted by Crippen LogP contribution is -2.36. The molecule has 1 N–H and O–H groups in total. The van der Waals surface area contributed by atoms with Crippen LogP contribution in [0.2, 0.25) is 0 Å². The Hall–Kier alpha value is -2.74. The third-order valence-electron chi connectivity index (χ3n) is 6.80. The highest BCUT2D eigenvalue weighted by molar-refractivity contribution is 5.80. The maximum Gasteiger partial charge on any atom is 0.573 e. The van der Waals surface area contributed by atoms with E-state index >= 15 is 0 Å². The third-order valence-corrected chi connectivity index (χ3v) is 6.80. The van der Waals surface area contributed by atoms with Gasteiger partial charge in [0, 0.05) is 31.9 Å². The van der Waals surface area contributed by atoms with Crippen molar-refractivity contribution in [2.24, 2.45) is 11.8 Å². The number of nitrogens with one attached hydrogen (secondary N) is 1. The Morgan fingerprint density at radius 1 is 0.971 bits per heavy atom. The molecular formula is C26H32F3N3O2. The van der Waals surface area contributed by atoms with Crippen LogP contribution >= 0.6 is 0 Å². The first kappa shape index (κ1) is 24.4. The third kappa shape index (κ3) is 7.13. The number of hydrogen-bond acceptors (Lipinski definition) is 4. The van der Waals surface area contributed by atoms with Gasteiger partial charge in [0.2, 0.25) is 5.91 Å². The maximum absolute atomic E-state index is 12.6. The second-order valence-electron chi connectivity index (χ2n) is 9.26. The molecule has 5 nitrogen and oxygen atoms in total. The van der Waals surface area contributed by atoms with Gasteiger partial charge in [-0.1, -0.05) is 30.3 Å². The van der Waals surface area contributed by atoms with Gasteiger partial charge in [-0.2, -0.15) is 0 Å². The molecule has 0 spiro atoms. The van der Waals surface area contributed by atoms with Crippen LogP contribution in [-0.2, 0) is 11.3 Å². The van der Waals surface area contributed by atoms with Crippen molar-refractivity contribution in [3.8, 4) is 5.75 Å². The van der Waals surface area contributed by atoms with Gasteiger partial charge >= 0.3 is 6.36 Å². The fourth-order valence-corrected chi connectivity index (χ4v) is 4.89. The monoisotopic (exact) mass is 475 g/mol. The number of benzene rings is 2. The highest BCUT2D eigenvalue weighted by Crippen LogP contribution is 2.28. The van der Waals surface area contributed by atoms with Gasteiger partial charge in [0.05, 0.1) is 5.92 Å².